The van der Waals surface area contributed by atoms with Crippen molar-refractivity contribution in [1.29, 1.82) is 0 Å². The van der Waals surface area contributed by atoms with Crippen LogP contribution in [0.3, 0.4) is 0 Å². The predicted octanol–water partition coefficient (Wildman–Crippen LogP) is 4.03. The van der Waals surface area contributed by atoms with Crippen molar-refractivity contribution < 1.29 is 14.6 Å². The quantitative estimate of drug-likeness (QED) is 0.539. The lowest BCUT2D eigenvalue weighted by molar-refractivity contribution is 0.243. The average molecular weight is 454 g/mol. The number of nitrogens with zero attached hydrogens (tertiary/aromatic N) is 3. The lowest BCUT2D eigenvalue weighted by Gasteiger charge is -2.39. The zero-order valence-corrected chi connectivity index (χ0v) is 18.3. The summed E-state index contributed by atoms with van der Waals surface area (Å²) in [4.78, 5) is 23.3. The SMILES string of the molecule is COc1ccc(C2CN(c3cccnc3O)CCC2NC(=O)Nc2ccc(Cl)cc2)nc1. The molecule has 2 amide bonds. The molecule has 1 aliphatic rings. The van der Waals surface area contributed by atoms with Crippen LogP contribution >= 0.6 is 11.6 Å². The average Bonchev–Trinajstić information content (AvgIpc) is 2.81. The van der Waals surface area contributed by atoms with Crippen molar-refractivity contribution in [2.75, 3.05) is 30.4 Å². The van der Waals surface area contributed by atoms with Crippen LogP contribution < -0.4 is 20.3 Å². The molecule has 1 fully saturated rings. The van der Waals surface area contributed by atoms with Gasteiger partial charge in [0.2, 0.25) is 5.88 Å². The van der Waals surface area contributed by atoms with E-state index in [4.69, 9.17) is 16.3 Å². The summed E-state index contributed by atoms with van der Waals surface area (Å²) in [6.07, 6.45) is 3.89. The Bertz CT molecular complexity index is 1060. The summed E-state index contributed by atoms with van der Waals surface area (Å²) in [6, 6.07) is 13.9. The van der Waals surface area contributed by atoms with Crippen LogP contribution in [-0.2, 0) is 0 Å². The number of amides is 2. The number of aromatic hydroxyl groups is 1. The lowest BCUT2D eigenvalue weighted by Crippen LogP contribution is -2.51. The van der Waals surface area contributed by atoms with Gasteiger partial charge in [-0.2, -0.15) is 0 Å². The first kappa shape index (κ1) is 21.7. The van der Waals surface area contributed by atoms with Crippen molar-refractivity contribution in [3.05, 3.63) is 71.6 Å². The fourth-order valence-electron chi connectivity index (χ4n) is 3.88. The smallest absolute Gasteiger partial charge is 0.319 e. The van der Waals surface area contributed by atoms with Gasteiger partial charge in [0.05, 0.1) is 19.0 Å². The molecule has 2 atom stereocenters. The molecule has 8 nitrogen and oxygen atoms in total. The Balaban J connectivity index is 1.53. The number of halogens is 1. The minimum absolute atomic E-state index is 0.0131. The number of piperidine rings is 1. The highest BCUT2D eigenvalue weighted by Gasteiger charge is 2.33. The Morgan fingerprint density at radius 3 is 2.69 bits per heavy atom. The minimum Gasteiger partial charge on any atom is -0.495 e. The summed E-state index contributed by atoms with van der Waals surface area (Å²) in [7, 11) is 1.59. The number of aromatic nitrogens is 2. The number of carbonyl (C=O) groups is 1. The van der Waals surface area contributed by atoms with Gasteiger partial charge in [0.1, 0.15) is 5.75 Å². The van der Waals surface area contributed by atoms with Crippen LogP contribution in [0.2, 0.25) is 5.02 Å². The van der Waals surface area contributed by atoms with Gasteiger partial charge in [0.15, 0.2) is 0 Å². The van der Waals surface area contributed by atoms with Gasteiger partial charge in [-0.1, -0.05) is 11.6 Å². The first-order valence-corrected chi connectivity index (χ1v) is 10.6. The Morgan fingerprint density at radius 2 is 2.00 bits per heavy atom. The van der Waals surface area contributed by atoms with E-state index in [1.54, 1.807) is 49.8 Å². The molecule has 166 valence electrons. The van der Waals surface area contributed by atoms with E-state index in [1.165, 1.54) is 0 Å². The highest BCUT2D eigenvalue weighted by atomic mass is 35.5. The number of ether oxygens (including phenoxy) is 1. The standard InChI is InChI=1S/C23H24ClN5O3/c1-32-17-8-9-19(26-13-17)18-14-29(21-3-2-11-25-22(21)30)12-10-20(18)28-23(31)27-16-6-4-15(24)5-7-16/h2-9,11,13,18,20H,10,12,14H2,1H3,(H,25,30)(H2,27,28,31). The molecule has 4 rings (SSSR count). The third kappa shape index (κ3) is 5.03. The normalized spacial score (nSPS) is 18.1. The zero-order valence-electron chi connectivity index (χ0n) is 17.5. The van der Waals surface area contributed by atoms with Gasteiger partial charge in [-0.15, -0.1) is 0 Å². The largest absolute Gasteiger partial charge is 0.495 e. The van der Waals surface area contributed by atoms with Gasteiger partial charge in [0.25, 0.3) is 0 Å². The number of hydrogen-bond acceptors (Lipinski definition) is 6. The fraction of sp³-hybridized carbons (Fsp3) is 0.261. The van der Waals surface area contributed by atoms with Gasteiger partial charge in [-0.3, -0.25) is 4.98 Å². The van der Waals surface area contributed by atoms with Crippen LogP contribution in [0.25, 0.3) is 0 Å². The summed E-state index contributed by atoms with van der Waals surface area (Å²) in [5.41, 5.74) is 2.15. The van der Waals surface area contributed by atoms with Crippen molar-refractivity contribution in [2.45, 2.75) is 18.4 Å². The molecule has 9 heteroatoms. The summed E-state index contributed by atoms with van der Waals surface area (Å²) >= 11 is 5.92. The second-order valence-corrected chi connectivity index (χ2v) is 7.96. The molecule has 1 aliphatic heterocycles. The summed E-state index contributed by atoms with van der Waals surface area (Å²) in [5, 5.41) is 16.7. The van der Waals surface area contributed by atoms with Crippen LogP contribution in [-0.4, -0.2) is 47.3 Å². The van der Waals surface area contributed by atoms with Gasteiger partial charge in [0, 0.05) is 47.7 Å². The molecule has 3 aromatic rings. The van der Waals surface area contributed by atoms with Crippen molar-refractivity contribution in [2.24, 2.45) is 0 Å². The molecule has 0 bridgehead atoms. The van der Waals surface area contributed by atoms with E-state index in [9.17, 15) is 9.90 Å². The second-order valence-electron chi connectivity index (χ2n) is 7.52. The maximum Gasteiger partial charge on any atom is 0.319 e. The lowest BCUT2D eigenvalue weighted by atomic mass is 9.88. The molecule has 2 unspecified atom stereocenters. The molecule has 2 aromatic heterocycles. The van der Waals surface area contributed by atoms with E-state index in [1.807, 2.05) is 18.2 Å². The molecule has 0 aliphatic carbocycles. The summed E-state index contributed by atoms with van der Waals surface area (Å²) in [6.45, 7) is 1.21. The van der Waals surface area contributed by atoms with Gasteiger partial charge in [-0.25, -0.2) is 9.78 Å². The molecule has 1 saturated heterocycles. The predicted molar refractivity (Wildman–Crippen MR) is 124 cm³/mol. The fourth-order valence-corrected chi connectivity index (χ4v) is 4.01. The number of methoxy groups -OCH3 is 1. The molecule has 0 saturated carbocycles. The van der Waals surface area contributed by atoms with E-state index in [0.29, 0.717) is 41.7 Å². The van der Waals surface area contributed by atoms with Crippen molar-refractivity contribution >= 4 is 29.0 Å². The Morgan fingerprint density at radius 1 is 1.19 bits per heavy atom. The van der Waals surface area contributed by atoms with Crippen LogP contribution in [0, 0.1) is 0 Å². The molecular formula is C23H24ClN5O3. The zero-order chi connectivity index (χ0) is 22.5. The number of benzene rings is 1. The van der Waals surface area contributed by atoms with Gasteiger partial charge >= 0.3 is 6.03 Å². The molecule has 0 radical (unpaired) electrons. The minimum atomic E-state index is -0.298. The number of nitrogens with one attached hydrogen (secondary N) is 2. The number of carbonyl (C=O) groups excluding carboxylic acids is 1. The van der Waals surface area contributed by atoms with E-state index in [-0.39, 0.29) is 23.9 Å². The maximum absolute atomic E-state index is 12.7. The van der Waals surface area contributed by atoms with Gasteiger partial charge < -0.3 is 25.4 Å². The van der Waals surface area contributed by atoms with Crippen LogP contribution in [0.1, 0.15) is 18.0 Å². The number of pyridine rings is 2. The monoisotopic (exact) mass is 453 g/mol. The highest BCUT2D eigenvalue weighted by molar-refractivity contribution is 6.30. The highest BCUT2D eigenvalue weighted by Crippen LogP contribution is 2.33. The molecule has 3 N–H and O–H groups in total. The van der Waals surface area contributed by atoms with Crippen LogP contribution in [0.4, 0.5) is 16.2 Å². The molecule has 0 spiro atoms. The van der Waals surface area contributed by atoms with Crippen LogP contribution in [0.15, 0.2) is 60.9 Å². The van der Waals surface area contributed by atoms with Gasteiger partial charge in [-0.05, 0) is 55.0 Å². The summed E-state index contributed by atoms with van der Waals surface area (Å²) in [5.74, 6) is 0.544. The number of hydrogen-bond donors (Lipinski definition) is 3. The number of urea groups is 1. The Kier molecular flexibility index (Phi) is 6.61. The Hall–Kier alpha value is -3.52. The van der Waals surface area contributed by atoms with Crippen LogP contribution in [0.5, 0.6) is 11.6 Å². The van der Waals surface area contributed by atoms with E-state index in [0.717, 1.165) is 5.69 Å². The van der Waals surface area contributed by atoms with E-state index in [2.05, 4.69) is 25.5 Å². The van der Waals surface area contributed by atoms with E-state index < -0.39 is 0 Å². The maximum atomic E-state index is 12.7. The van der Waals surface area contributed by atoms with Crippen molar-refractivity contribution in [3.8, 4) is 11.6 Å². The number of anilines is 2. The number of rotatable bonds is 5. The third-order valence-electron chi connectivity index (χ3n) is 5.51. The van der Waals surface area contributed by atoms with E-state index >= 15 is 0 Å². The van der Waals surface area contributed by atoms with Crippen molar-refractivity contribution in [1.82, 2.24) is 15.3 Å². The molecule has 32 heavy (non-hydrogen) atoms. The first-order valence-electron chi connectivity index (χ1n) is 10.3. The van der Waals surface area contributed by atoms with Crippen molar-refractivity contribution in [3.63, 3.8) is 0 Å². The Labute approximate surface area is 191 Å². The molecular weight excluding hydrogens is 430 g/mol. The second kappa shape index (κ2) is 9.74. The molecule has 1 aromatic carbocycles. The first-order chi connectivity index (χ1) is 15.5. The summed E-state index contributed by atoms with van der Waals surface area (Å²) < 4.78 is 5.23. The third-order valence-corrected chi connectivity index (χ3v) is 5.76. The molecule has 3 heterocycles. The topological polar surface area (TPSA) is 99.6 Å².